The van der Waals surface area contributed by atoms with E-state index in [0.29, 0.717) is 0 Å². The number of carbonyl (C=O) groups excluding carboxylic acids is 1. The summed E-state index contributed by atoms with van der Waals surface area (Å²) in [6.07, 6.45) is 8.70. The highest BCUT2D eigenvalue weighted by atomic mass is 32.1. The van der Waals surface area contributed by atoms with E-state index in [0.717, 1.165) is 35.7 Å². The number of hydrogen-bond acceptors (Lipinski definition) is 4. The quantitative estimate of drug-likeness (QED) is 0.572. The molecule has 0 bridgehead atoms. The van der Waals surface area contributed by atoms with E-state index in [1.54, 1.807) is 11.3 Å². The standard InChI is InChI=1S/C20H26N2O2S/c1-2-3-4-5-6-7-8-11-22-18-12-16(17-14-25-15-21-17)9-10-19(18)24-13-20(22)23/h9-10,12,14-15H,2-8,11,13H2,1H3. The Morgan fingerprint density at radius 2 is 1.96 bits per heavy atom. The molecule has 0 N–H and O–H groups in total. The minimum atomic E-state index is 0.0499. The maximum absolute atomic E-state index is 12.3. The van der Waals surface area contributed by atoms with Gasteiger partial charge in [-0.1, -0.05) is 45.4 Å². The van der Waals surface area contributed by atoms with E-state index in [-0.39, 0.29) is 12.5 Å². The number of amides is 1. The van der Waals surface area contributed by atoms with Gasteiger partial charge in [-0.15, -0.1) is 11.3 Å². The zero-order valence-electron chi connectivity index (χ0n) is 14.9. The number of aromatic nitrogens is 1. The van der Waals surface area contributed by atoms with Gasteiger partial charge in [0.15, 0.2) is 6.61 Å². The predicted octanol–water partition coefficient (Wildman–Crippen LogP) is 5.29. The second kappa shape index (κ2) is 8.99. The SMILES string of the molecule is CCCCCCCCCN1C(=O)COc2ccc(-c3cscn3)cc21. The molecule has 25 heavy (non-hydrogen) atoms. The van der Waals surface area contributed by atoms with E-state index in [2.05, 4.69) is 11.9 Å². The van der Waals surface area contributed by atoms with Crippen molar-refractivity contribution in [2.24, 2.45) is 0 Å². The molecule has 5 heteroatoms. The molecule has 0 unspecified atom stereocenters. The average Bonchev–Trinajstić information content (AvgIpc) is 3.17. The van der Waals surface area contributed by atoms with Crippen LogP contribution in [0.2, 0.25) is 0 Å². The summed E-state index contributed by atoms with van der Waals surface area (Å²) in [7, 11) is 0. The molecule has 1 aromatic heterocycles. The van der Waals surface area contributed by atoms with Gasteiger partial charge in [-0.05, 0) is 24.6 Å². The number of hydrogen-bond donors (Lipinski definition) is 0. The number of anilines is 1. The van der Waals surface area contributed by atoms with Gasteiger partial charge in [-0.3, -0.25) is 4.79 Å². The molecule has 134 valence electrons. The van der Waals surface area contributed by atoms with Gasteiger partial charge in [0.1, 0.15) is 5.75 Å². The number of nitrogens with zero attached hydrogens (tertiary/aromatic N) is 2. The van der Waals surface area contributed by atoms with Crippen molar-refractivity contribution in [3.05, 3.63) is 29.1 Å². The second-order valence-corrected chi connectivity index (χ2v) is 7.23. The van der Waals surface area contributed by atoms with Crippen molar-refractivity contribution in [1.82, 2.24) is 4.98 Å². The highest BCUT2D eigenvalue weighted by molar-refractivity contribution is 7.07. The summed E-state index contributed by atoms with van der Waals surface area (Å²) in [6.45, 7) is 3.14. The van der Waals surface area contributed by atoms with Crippen molar-refractivity contribution in [2.45, 2.75) is 51.9 Å². The molecule has 0 aliphatic carbocycles. The second-order valence-electron chi connectivity index (χ2n) is 6.51. The molecule has 0 fully saturated rings. The molecule has 0 atom stereocenters. The van der Waals surface area contributed by atoms with E-state index in [1.165, 1.54) is 38.5 Å². The molecule has 0 saturated carbocycles. The first-order chi connectivity index (χ1) is 12.3. The predicted molar refractivity (Wildman–Crippen MR) is 103 cm³/mol. The first-order valence-corrected chi connectivity index (χ1v) is 10.2. The lowest BCUT2D eigenvalue weighted by Crippen LogP contribution is -2.39. The monoisotopic (exact) mass is 358 g/mol. The fourth-order valence-electron chi connectivity index (χ4n) is 3.19. The summed E-state index contributed by atoms with van der Waals surface area (Å²) >= 11 is 1.58. The molecule has 1 aliphatic heterocycles. The van der Waals surface area contributed by atoms with Crippen LogP contribution in [0.1, 0.15) is 51.9 Å². The van der Waals surface area contributed by atoms with Crippen LogP contribution in [0.25, 0.3) is 11.3 Å². The fourth-order valence-corrected chi connectivity index (χ4v) is 3.75. The van der Waals surface area contributed by atoms with Crippen molar-refractivity contribution < 1.29 is 9.53 Å². The Balaban J connectivity index is 1.62. The van der Waals surface area contributed by atoms with Crippen molar-refractivity contribution in [3.8, 4) is 17.0 Å². The Kier molecular flexibility index (Phi) is 6.45. The molecule has 4 nitrogen and oxygen atoms in total. The number of thiazole rings is 1. The van der Waals surface area contributed by atoms with Crippen LogP contribution in [0.4, 0.5) is 5.69 Å². The van der Waals surface area contributed by atoms with Crippen LogP contribution in [0.5, 0.6) is 5.75 Å². The molecular formula is C20H26N2O2S. The zero-order valence-corrected chi connectivity index (χ0v) is 15.7. The Morgan fingerprint density at radius 1 is 1.16 bits per heavy atom. The van der Waals surface area contributed by atoms with Crippen LogP contribution in [0.3, 0.4) is 0 Å². The fraction of sp³-hybridized carbons (Fsp3) is 0.500. The van der Waals surface area contributed by atoms with Gasteiger partial charge in [0, 0.05) is 17.5 Å². The number of ether oxygens (including phenoxy) is 1. The summed E-state index contributed by atoms with van der Waals surface area (Å²) in [6, 6.07) is 5.99. The third kappa shape index (κ3) is 4.60. The maximum atomic E-state index is 12.3. The molecular weight excluding hydrogens is 332 g/mol. The first kappa shape index (κ1) is 17.9. The summed E-state index contributed by atoms with van der Waals surface area (Å²) in [5.41, 5.74) is 4.68. The summed E-state index contributed by atoms with van der Waals surface area (Å²) in [4.78, 5) is 18.6. The first-order valence-electron chi connectivity index (χ1n) is 9.25. The Morgan fingerprint density at radius 3 is 2.72 bits per heavy atom. The normalized spacial score (nSPS) is 13.6. The topological polar surface area (TPSA) is 42.4 Å². The third-order valence-corrected chi connectivity index (χ3v) is 5.20. The highest BCUT2D eigenvalue weighted by Crippen LogP contribution is 2.36. The molecule has 1 amide bonds. The zero-order chi connectivity index (χ0) is 17.5. The van der Waals surface area contributed by atoms with Gasteiger partial charge in [0.2, 0.25) is 0 Å². The number of benzene rings is 1. The van der Waals surface area contributed by atoms with Crippen LogP contribution in [-0.2, 0) is 4.79 Å². The number of fused-ring (bicyclic) bond motifs is 1. The van der Waals surface area contributed by atoms with Crippen LogP contribution in [0.15, 0.2) is 29.1 Å². The van der Waals surface area contributed by atoms with Gasteiger partial charge >= 0.3 is 0 Å². The van der Waals surface area contributed by atoms with E-state index < -0.39 is 0 Å². The summed E-state index contributed by atoms with van der Waals surface area (Å²) in [5, 5.41) is 2.02. The lowest BCUT2D eigenvalue weighted by Gasteiger charge is -2.29. The third-order valence-electron chi connectivity index (χ3n) is 4.62. The number of carbonyl (C=O) groups is 1. The van der Waals surface area contributed by atoms with E-state index in [4.69, 9.17) is 4.74 Å². The lowest BCUT2D eigenvalue weighted by molar-refractivity contribution is -0.121. The van der Waals surface area contributed by atoms with Gasteiger partial charge in [-0.25, -0.2) is 4.98 Å². The van der Waals surface area contributed by atoms with Crippen molar-refractivity contribution in [1.29, 1.82) is 0 Å². The van der Waals surface area contributed by atoms with Crippen LogP contribution in [0, 0.1) is 0 Å². The Hall–Kier alpha value is -1.88. The lowest BCUT2D eigenvalue weighted by atomic mass is 10.1. The molecule has 0 radical (unpaired) electrons. The van der Waals surface area contributed by atoms with Crippen LogP contribution in [-0.4, -0.2) is 24.0 Å². The molecule has 1 aromatic carbocycles. The minimum Gasteiger partial charge on any atom is -0.482 e. The number of rotatable bonds is 9. The molecule has 0 spiro atoms. The van der Waals surface area contributed by atoms with Gasteiger partial charge in [0.05, 0.1) is 16.9 Å². The molecule has 3 rings (SSSR count). The molecule has 1 aliphatic rings. The molecule has 2 aromatic rings. The number of unbranched alkanes of at least 4 members (excludes halogenated alkanes) is 6. The van der Waals surface area contributed by atoms with E-state index in [9.17, 15) is 4.79 Å². The van der Waals surface area contributed by atoms with Gasteiger partial charge < -0.3 is 9.64 Å². The van der Waals surface area contributed by atoms with Gasteiger partial charge in [0.25, 0.3) is 5.91 Å². The largest absolute Gasteiger partial charge is 0.482 e. The van der Waals surface area contributed by atoms with E-state index >= 15 is 0 Å². The van der Waals surface area contributed by atoms with Crippen molar-refractivity contribution >= 4 is 22.9 Å². The van der Waals surface area contributed by atoms with Crippen molar-refractivity contribution in [3.63, 3.8) is 0 Å². The maximum Gasteiger partial charge on any atom is 0.265 e. The molecule has 0 saturated heterocycles. The highest BCUT2D eigenvalue weighted by Gasteiger charge is 2.25. The Labute approximate surface area is 153 Å². The molecule has 2 heterocycles. The average molecular weight is 359 g/mol. The Bertz CT molecular complexity index is 685. The van der Waals surface area contributed by atoms with Crippen molar-refractivity contribution in [2.75, 3.05) is 18.1 Å². The minimum absolute atomic E-state index is 0.0499. The summed E-state index contributed by atoms with van der Waals surface area (Å²) < 4.78 is 5.60. The smallest absolute Gasteiger partial charge is 0.265 e. The van der Waals surface area contributed by atoms with Crippen LogP contribution < -0.4 is 9.64 Å². The summed E-state index contributed by atoms with van der Waals surface area (Å²) in [5.74, 6) is 0.843. The van der Waals surface area contributed by atoms with E-state index in [1.807, 2.05) is 34.0 Å². The van der Waals surface area contributed by atoms with Crippen LogP contribution >= 0.6 is 11.3 Å². The van der Waals surface area contributed by atoms with Gasteiger partial charge in [-0.2, -0.15) is 0 Å².